The van der Waals surface area contributed by atoms with Gasteiger partial charge in [-0.3, -0.25) is 4.79 Å². The van der Waals surface area contributed by atoms with Crippen LogP contribution < -0.4 is 10.6 Å². The van der Waals surface area contributed by atoms with Gasteiger partial charge in [-0.25, -0.2) is 13.2 Å². The fourth-order valence-electron chi connectivity index (χ4n) is 5.32. The maximum absolute atomic E-state index is 13.4. The van der Waals surface area contributed by atoms with E-state index in [0.29, 0.717) is 30.0 Å². The SMILES string of the molecule is Cc1ccc(S(=O)(=O)Cc2ccc(NC(=O)N[C@H](Cc3ccccc3)C(=O)CC3CCCCCCC3)cc2)cc1. The van der Waals surface area contributed by atoms with Gasteiger partial charge in [-0.2, -0.15) is 0 Å². The van der Waals surface area contributed by atoms with E-state index in [0.717, 1.165) is 36.8 Å². The molecule has 2 N–H and O–H groups in total. The van der Waals surface area contributed by atoms with E-state index in [1.165, 1.54) is 19.3 Å². The first-order valence-corrected chi connectivity index (χ1v) is 16.0. The third-order valence-electron chi connectivity index (χ3n) is 7.64. The summed E-state index contributed by atoms with van der Waals surface area (Å²) < 4.78 is 25.6. The molecule has 0 saturated heterocycles. The predicted octanol–water partition coefficient (Wildman–Crippen LogP) is 7.02. The highest BCUT2D eigenvalue weighted by Crippen LogP contribution is 2.26. The molecule has 3 aromatic carbocycles. The van der Waals surface area contributed by atoms with Gasteiger partial charge in [0.15, 0.2) is 15.6 Å². The van der Waals surface area contributed by atoms with Gasteiger partial charge in [-0.05, 0) is 54.7 Å². The lowest BCUT2D eigenvalue weighted by molar-refractivity contribution is -0.121. The summed E-state index contributed by atoms with van der Waals surface area (Å²) in [5.41, 5.74) is 3.15. The number of ketones is 1. The first-order valence-electron chi connectivity index (χ1n) is 14.3. The standard InChI is InChI=1S/C33H40N2O4S/c1-25-14-20-30(21-15-25)40(38,39)24-28-16-18-29(19-17-28)34-33(37)35-31(22-26-10-8-5-9-11-26)32(36)23-27-12-6-3-2-4-7-13-27/h5,8-11,14-21,27,31H,2-4,6-7,12-13,22-24H2,1H3,(H2,34,35,37)/t31-/m1/s1. The summed E-state index contributed by atoms with van der Waals surface area (Å²) in [5.74, 6) is 0.318. The number of sulfone groups is 1. The minimum absolute atomic E-state index is 0.0706. The number of hydrogen-bond acceptors (Lipinski definition) is 4. The van der Waals surface area contributed by atoms with Crippen LogP contribution >= 0.6 is 0 Å². The smallest absolute Gasteiger partial charge is 0.319 e. The van der Waals surface area contributed by atoms with E-state index < -0.39 is 21.9 Å². The average Bonchev–Trinajstić information content (AvgIpc) is 2.91. The second kappa shape index (κ2) is 14.3. The molecule has 2 amide bonds. The normalized spacial score (nSPS) is 15.4. The molecule has 7 heteroatoms. The highest BCUT2D eigenvalue weighted by Gasteiger charge is 2.25. The van der Waals surface area contributed by atoms with E-state index in [2.05, 4.69) is 10.6 Å². The Morgan fingerprint density at radius 3 is 2.08 bits per heavy atom. The maximum Gasteiger partial charge on any atom is 0.319 e. The van der Waals surface area contributed by atoms with Gasteiger partial charge in [0.05, 0.1) is 16.7 Å². The lowest BCUT2D eigenvalue weighted by Crippen LogP contribution is -2.45. The number of benzene rings is 3. The quantitative estimate of drug-likeness (QED) is 0.279. The molecule has 6 nitrogen and oxygen atoms in total. The zero-order valence-corrected chi connectivity index (χ0v) is 24.1. The lowest BCUT2D eigenvalue weighted by atomic mass is 9.85. The molecule has 0 unspecified atom stereocenters. The summed E-state index contributed by atoms with van der Waals surface area (Å²) in [6, 6.07) is 22.2. The van der Waals surface area contributed by atoms with Crippen molar-refractivity contribution in [3.8, 4) is 0 Å². The van der Waals surface area contributed by atoms with E-state index >= 15 is 0 Å². The zero-order chi connectivity index (χ0) is 28.4. The Bertz CT molecular complexity index is 1350. The van der Waals surface area contributed by atoms with Gasteiger partial charge in [-0.15, -0.1) is 0 Å². The predicted molar refractivity (Wildman–Crippen MR) is 160 cm³/mol. The van der Waals surface area contributed by atoms with Crippen LogP contribution in [0, 0.1) is 12.8 Å². The Balaban J connectivity index is 1.38. The first kappa shape index (κ1) is 29.5. The van der Waals surface area contributed by atoms with Gasteiger partial charge in [0.1, 0.15) is 0 Å². The first-order chi connectivity index (χ1) is 19.3. The molecule has 0 heterocycles. The average molecular weight is 561 g/mol. The van der Waals surface area contributed by atoms with Crippen molar-refractivity contribution in [2.75, 3.05) is 5.32 Å². The highest BCUT2D eigenvalue weighted by molar-refractivity contribution is 7.90. The van der Waals surface area contributed by atoms with Gasteiger partial charge in [0.2, 0.25) is 0 Å². The number of rotatable bonds is 10. The Kier molecular flexibility index (Phi) is 10.5. The summed E-state index contributed by atoms with van der Waals surface area (Å²) in [7, 11) is -3.48. The molecule has 212 valence electrons. The summed E-state index contributed by atoms with van der Waals surface area (Å²) >= 11 is 0. The second-order valence-electron chi connectivity index (χ2n) is 11.0. The van der Waals surface area contributed by atoms with Gasteiger partial charge in [-0.1, -0.05) is 105 Å². The molecule has 0 bridgehead atoms. The second-order valence-corrected chi connectivity index (χ2v) is 13.0. The fraction of sp³-hybridized carbons (Fsp3) is 0.394. The highest BCUT2D eigenvalue weighted by atomic mass is 32.2. The van der Waals surface area contributed by atoms with Crippen molar-refractivity contribution >= 4 is 27.3 Å². The van der Waals surface area contributed by atoms with Crippen LogP contribution in [0.4, 0.5) is 10.5 Å². The van der Waals surface area contributed by atoms with Gasteiger partial charge in [0, 0.05) is 12.1 Å². The summed E-state index contributed by atoms with van der Waals surface area (Å²) in [5, 5.41) is 5.73. The number of urea groups is 1. The van der Waals surface area contributed by atoms with Crippen LogP contribution in [0.2, 0.25) is 0 Å². The van der Waals surface area contributed by atoms with Crippen molar-refractivity contribution in [2.24, 2.45) is 5.92 Å². The van der Waals surface area contributed by atoms with E-state index in [1.807, 2.05) is 37.3 Å². The van der Waals surface area contributed by atoms with Crippen LogP contribution in [0.5, 0.6) is 0 Å². The largest absolute Gasteiger partial charge is 0.328 e. The molecule has 0 radical (unpaired) electrons. The third kappa shape index (κ3) is 9.05. The summed E-state index contributed by atoms with van der Waals surface area (Å²) in [6.07, 6.45) is 9.14. The Morgan fingerprint density at radius 1 is 0.800 bits per heavy atom. The number of amides is 2. The van der Waals surface area contributed by atoms with Crippen LogP contribution in [0.15, 0.2) is 83.8 Å². The van der Waals surface area contributed by atoms with E-state index in [1.54, 1.807) is 48.5 Å². The Labute approximate surface area is 238 Å². The molecule has 1 aliphatic carbocycles. The molecule has 1 aliphatic rings. The van der Waals surface area contributed by atoms with Crippen molar-refractivity contribution in [3.05, 3.63) is 95.6 Å². The number of hydrogen-bond donors (Lipinski definition) is 2. The Hall–Kier alpha value is -3.45. The molecule has 0 spiro atoms. The van der Waals surface area contributed by atoms with Crippen molar-refractivity contribution in [3.63, 3.8) is 0 Å². The van der Waals surface area contributed by atoms with Crippen LogP contribution in [-0.4, -0.2) is 26.3 Å². The number of aryl methyl sites for hydroxylation is 1. The van der Waals surface area contributed by atoms with E-state index in [9.17, 15) is 18.0 Å². The van der Waals surface area contributed by atoms with Gasteiger partial charge >= 0.3 is 6.03 Å². The zero-order valence-electron chi connectivity index (χ0n) is 23.3. The number of nitrogens with one attached hydrogen (secondary N) is 2. The molecular weight excluding hydrogens is 520 g/mol. The van der Waals surface area contributed by atoms with Crippen LogP contribution in [0.1, 0.15) is 68.1 Å². The van der Waals surface area contributed by atoms with Crippen LogP contribution in [0.25, 0.3) is 0 Å². The minimum Gasteiger partial charge on any atom is -0.328 e. The third-order valence-corrected chi connectivity index (χ3v) is 9.34. The monoisotopic (exact) mass is 560 g/mol. The van der Waals surface area contributed by atoms with Crippen molar-refractivity contribution in [1.29, 1.82) is 0 Å². The number of carbonyl (C=O) groups excluding carboxylic acids is 2. The summed E-state index contributed by atoms with van der Waals surface area (Å²) in [6.45, 7) is 1.91. The Morgan fingerprint density at radius 2 is 1.43 bits per heavy atom. The molecule has 40 heavy (non-hydrogen) atoms. The molecule has 3 aromatic rings. The fourth-order valence-corrected chi connectivity index (χ4v) is 6.67. The van der Waals surface area contributed by atoms with Gasteiger partial charge in [0.25, 0.3) is 0 Å². The van der Waals surface area contributed by atoms with E-state index in [-0.39, 0.29) is 16.4 Å². The number of Topliss-reactive ketones (excluding diaryl/α,β-unsaturated/α-hetero) is 1. The molecule has 4 rings (SSSR count). The minimum atomic E-state index is -3.48. The van der Waals surface area contributed by atoms with Crippen molar-refractivity contribution in [2.45, 2.75) is 81.4 Å². The van der Waals surface area contributed by atoms with E-state index in [4.69, 9.17) is 0 Å². The summed E-state index contributed by atoms with van der Waals surface area (Å²) in [4.78, 5) is 26.7. The van der Waals surface area contributed by atoms with Gasteiger partial charge < -0.3 is 10.6 Å². The number of carbonyl (C=O) groups is 2. The molecule has 1 atom stereocenters. The van der Waals surface area contributed by atoms with Crippen molar-refractivity contribution < 1.29 is 18.0 Å². The molecule has 0 aliphatic heterocycles. The maximum atomic E-state index is 13.4. The number of anilines is 1. The molecule has 1 fully saturated rings. The van der Waals surface area contributed by atoms with Crippen LogP contribution in [-0.2, 0) is 26.8 Å². The topological polar surface area (TPSA) is 92.3 Å². The van der Waals surface area contributed by atoms with Crippen molar-refractivity contribution in [1.82, 2.24) is 5.32 Å². The lowest BCUT2D eigenvalue weighted by Gasteiger charge is -2.23. The van der Waals surface area contributed by atoms with Crippen LogP contribution in [0.3, 0.4) is 0 Å². The molecule has 0 aromatic heterocycles. The molecular formula is C33H40N2O4S. The molecule has 1 saturated carbocycles.